The molecule has 0 saturated heterocycles. The van der Waals surface area contributed by atoms with E-state index in [1.165, 1.54) is 0 Å². The molecule has 1 aromatic carbocycles. The lowest BCUT2D eigenvalue weighted by molar-refractivity contribution is -0.128. The molecule has 0 unspecified atom stereocenters. The van der Waals surface area contributed by atoms with Gasteiger partial charge in [0, 0.05) is 13.2 Å². The van der Waals surface area contributed by atoms with Crippen LogP contribution in [0.5, 0.6) is 0 Å². The SMILES string of the molecule is COCc1cccc(C(=O)OCC(=O)NCC(=O)NC(C)C)c1. The third-order valence-corrected chi connectivity index (χ3v) is 2.70. The van der Waals surface area contributed by atoms with Crippen LogP contribution in [0.4, 0.5) is 0 Å². The minimum absolute atomic E-state index is 0.00314. The smallest absolute Gasteiger partial charge is 0.338 e. The van der Waals surface area contributed by atoms with Crippen LogP contribution in [0.15, 0.2) is 24.3 Å². The van der Waals surface area contributed by atoms with Gasteiger partial charge in [-0.1, -0.05) is 12.1 Å². The molecule has 0 aromatic heterocycles. The molecule has 0 heterocycles. The Morgan fingerprint density at radius 1 is 1.17 bits per heavy atom. The van der Waals surface area contributed by atoms with Crippen LogP contribution in [-0.2, 0) is 25.7 Å². The first kappa shape index (κ1) is 18.6. The van der Waals surface area contributed by atoms with Crippen molar-refractivity contribution in [1.82, 2.24) is 10.6 Å². The summed E-state index contributed by atoms with van der Waals surface area (Å²) >= 11 is 0. The quantitative estimate of drug-likeness (QED) is 0.685. The first-order valence-corrected chi connectivity index (χ1v) is 7.23. The van der Waals surface area contributed by atoms with Gasteiger partial charge in [0.05, 0.1) is 18.7 Å². The van der Waals surface area contributed by atoms with Gasteiger partial charge in [-0.2, -0.15) is 0 Å². The van der Waals surface area contributed by atoms with E-state index in [2.05, 4.69) is 10.6 Å². The number of carbonyl (C=O) groups is 3. The summed E-state index contributed by atoms with van der Waals surface area (Å²) in [5.41, 5.74) is 1.17. The van der Waals surface area contributed by atoms with Crippen molar-refractivity contribution in [1.29, 1.82) is 0 Å². The normalized spacial score (nSPS) is 10.3. The Labute approximate surface area is 135 Å². The highest BCUT2D eigenvalue weighted by Gasteiger charge is 2.12. The fourth-order valence-electron chi connectivity index (χ4n) is 1.77. The van der Waals surface area contributed by atoms with Crippen LogP contribution in [0, 0.1) is 0 Å². The van der Waals surface area contributed by atoms with Gasteiger partial charge in [0.1, 0.15) is 0 Å². The first-order valence-electron chi connectivity index (χ1n) is 7.23. The van der Waals surface area contributed by atoms with Crippen molar-refractivity contribution in [2.24, 2.45) is 0 Å². The van der Waals surface area contributed by atoms with Crippen LogP contribution in [0.1, 0.15) is 29.8 Å². The van der Waals surface area contributed by atoms with Gasteiger partial charge in [-0.3, -0.25) is 9.59 Å². The monoisotopic (exact) mass is 322 g/mol. The highest BCUT2D eigenvalue weighted by molar-refractivity contribution is 5.92. The average Bonchev–Trinajstić information content (AvgIpc) is 2.50. The van der Waals surface area contributed by atoms with Crippen molar-refractivity contribution in [3.63, 3.8) is 0 Å². The molecular weight excluding hydrogens is 300 g/mol. The molecule has 0 radical (unpaired) electrons. The minimum atomic E-state index is -0.607. The molecule has 0 spiro atoms. The topological polar surface area (TPSA) is 93.7 Å². The number of methoxy groups -OCH3 is 1. The van der Waals surface area contributed by atoms with E-state index in [9.17, 15) is 14.4 Å². The number of nitrogens with one attached hydrogen (secondary N) is 2. The molecule has 0 fully saturated rings. The maximum absolute atomic E-state index is 11.9. The van der Waals surface area contributed by atoms with Crippen molar-refractivity contribution >= 4 is 17.8 Å². The van der Waals surface area contributed by atoms with Crippen molar-refractivity contribution in [3.05, 3.63) is 35.4 Å². The summed E-state index contributed by atoms with van der Waals surface area (Å²) in [6, 6.07) is 6.76. The van der Waals surface area contributed by atoms with Crippen molar-refractivity contribution in [2.45, 2.75) is 26.5 Å². The van der Waals surface area contributed by atoms with Crippen LogP contribution in [-0.4, -0.2) is 44.1 Å². The van der Waals surface area contributed by atoms with Gasteiger partial charge in [-0.05, 0) is 31.5 Å². The lowest BCUT2D eigenvalue weighted by Gasteiger charge is -2.09. The van der Waals surface area contributed by atoms with Gasteiger partial charge in [-0.25, -0.2) is 4.79 Å². The van der Waals surface area contributed by atoms with Crippen molar-refractivity contribution in [2.75, 3.05) is 20.3 Å². The minimum Gasteiger partial charge on any atom is -0.452 e. The molecule has 2 N–H and O–H groups in total. The average molecular weight is 322 g/mol. The zero-order chi connectivity index (χ0) is 17.2. The maximum Gasteiger partial charge on any atom is 0.338 e. The van der Waals surface area contributed by atoms with Gasteiger partial charge < -0.3 is 20.1 Å². The molecule has 0 bridgehead atoms. The fraction of sp³-hybridized carbons (Fsp3) is 0.438. The molecule has 7 heteroatoms. The van der Waals surface area contributed by atoms with Gasteiger partial charge in [0.25, 0.3) is 5.91 Å². The Bertz CT molecular complexity index is 557. The predicted molar refractivity (Wildman–Crippen MR) is 83.7 cm³/mol. The Hall–Kier alpha value is -2.41. The standard InChI is InChI=1S/C16H22N2O5/c1-11(2)18-14(19)8-17-15(20)10-23-16(21)13-6-4-5-12(7-13)9-22-3/h4-7,11H,8-10H2,1-3H3,(H,17,20)(H,18,19). The van der Waals surface area contributed by atoms with Gasteiger partial charge >= 0.3 is 5.97 Å². The molecule has 1 rings (SSSR count). The zero-order valence-electron chi connectivity index (χ0n) is 13.5. The molecule has 7 nitrogen and oxygen atoms in total. The Balaban J connectivity index is 2.39. The van der Waals surface area contributed by atoms with Crippen LogP contribution < -0.4 is 10.6 Å². The summed E-state index contributed by atoms with van der Waals surface area (Å²) in [6.45, 7) is 3.42. The van der Waals surface area contributed by atoms with Crippen molar-refractivity contribution in [3.8, 4) is 0 Å². The molecule has 23 heavy (non-hydrogen) atoms. The molecule has 0 saturated carbocycles. The summed E-state index contributed by atoms with van der Waals surface area (Å²) in [6.07, 6.45) is 0. The van der Waals surface area contributed by atoms with E-state index in [1.807, 2.05) is 19.9 Å². The maximum atomic E-state index is 11.9. The Kier molecular flexibility index (Phi) is 7.76. The first-order chi connectivity index (χ1) is 10.9. The molecule has 0 aliphatic rings. The number of carbonyl (C=O) groups excluding carboxylic acids is 3. The zero-order valence-corrected chi connectivity index (χ0v) is 13.5. The van der Waals surface area contributed by atoms with Crippen LogP contribution in [0.25, 0.3) is 0 Å². The molecule has 1 aromatic rings. The summed E-state index contributed by atoms with van der Waals surface area (Å²) in [5.74, 6) is -1.44. The second-order valence-electron chi connectivity index (χ2n) is 5.21. The third-order valence-electron chi connectivity index (χ3n) is 2.70. The van der Waals surface area contributed by atoms with E-state index in [0.717, 1.165) is 5.56 Å². The summed E-state index contributed by atoms with van der Waals surface area (Å²) < 4.78 is 9.90. The lowest BCUT2D eigenvalue weighted by Crippen LogP contribution is -2.41. The number of benzene rings is 1. The second kappa shape index (κ2) is 9.58. The number of amides is 2. The van der Waals surface area contributed by atoms with E-state index in [1.54, 1.807) is 25.3 Å². The predicted octanol–water partition coefficient (Wildman–Crippen LogP) is 0.631. The molecule has 0 atom stereocenters. The van der Waals surface area contributed by atoms with Crippen molar-refractivity contribution < 1.29 is 23.9 Å². The third kappa shape index (κ3) is 7.42. The molecular formula is C16H22N2O5. The van der Waals surface area contributed by atoms with E-state index < -0.39 is 18.5 Å². The number of ether oxygens (including phenoxy) is 2. The van der Waals surface area contributed by atoms with E-state index in [4.69, 9.17) is 9.47 Å². The number of hydrogen-bond donors (Lipinski definition) is 2. The van der Waals surface area contributed by atoms with E-state index >= 15 is 0 Å². The van der Waals surface area contributed by atoms with E-state index in [-0.39, 0.29) is 18.5 Å². The van der Waals surface area contributed by atoms with Gasteiger partial charge in [-0.15, -0.1) is 0 Å². The fourth-order valence-corrected chi connectivity index (χ4v) is 1.77. The van der Waals surface area contributed by atoms with Crippen LogP contribution in [0.2, 0.25) is 0 Å². The van der Waals surface area contributed by atoms with E-state index in [0.29, 0.717) is 12.2 Å². The summed E-state index contributed by atoms with van der Waals surface area (Å²) in [4.78, 5) is 34.8. The molecule has 126 valence electrons. The largest absolute Gasteiger partial charge is 0.452 e. The van der Waals surface area contributed by atoms with Gasteiger partial charge in [0.15, 0.2) is 6.61 Å². The lowest BCUT2D eigenvalue weighted by atomic mass is 10.1. The Morgan fingerprint density at radius 2 is 1.91 bits per heavy atom. The number of rotatable bonds is 8. The van der Waals surface area contributed by atoms with Crippen LogP contribution >= 0.6 is 0 Å². The number of esters is 1. The Morgan fingerprint density at radius 3 is 2.57 bits per heavy atom. The summed E-state index contributed by atoms with van der Waals surface area (Å²) in [5, 5.41) is 5.01. The molecule has 2 amide bonds. The molecule has 0 aliphatic carbocycles. The highest BCUT2D eigenvalue weighted by atomic mass is 16.5. The summed E-state index contributed by atoms with van der Waals surface area (Å²) in [7, 11) is 1.56. The second-order valence-corrected chi connectivity index (χ2v) is 5.21. The highest BCUT2D eigenvalue weighted by Crippen LogP contribution is 2.07. The van der Waals surface area contributed by atoms with Gasteiger partial charge in [0.2, 0.25) is 5.91 Å². The number of hydrogen-bond acceptors (Lipinski definition) is 5. The molecule has 0 aliphatic heterocycles. The van der Waals surface area contributed by atoms with Crippen LogP contribution in [0.3, 0.4) is 0 Å².